The molecule has 0 amide bonds. The number of H-pyrrole nitrogens is 1. The summed E-state index contributed by atoms with van der Waals surface area (Å²) in [6.07, 6.45) is 4.22. The third-order valence-electron chi connectivity index (χ3n) is 3.33. The third-order valence-corrected chi connectivity index (χ3v) is 4.53. The molecule has 4 nitrogen and oxygen atoms in total. The second kappa shape index (κ2) is 4.08. The van der Waals surface area contributed by atoms with Gasteiger partial charge < -0.3 is 4.98 Å². The van der Waals surface area contributed by atoms with E-state index >= 15 is 0 Å². The van der Waals surface area contributed by atoms with E-state index < -0.39 is 0 Å². The van der Waals surface area contributed by atoms with Crippen molar-refractivity contribution in [1.82, 2.24) is 19.7 Å². The summed E-state index contributed by atoms with van der Waals surface area (Å²) in [6.45, 7) is 0. The summed E-state index contributed by atoms with van der Waals surface area (Å²) in [5.74, 6) is 0.841. The van der Waals surface area contributed by atoms with Gasteiger partial charge in [-0.1, -0.05) is 11.6 Å². The van der Waals surface area contributed by atoms with Crippen molar-refractivity contribution in [1.29, 1.82) is 0 Å². The molecule has 4 rings (SSSR count). The van der Waals surface area contributed by atoms with E-state index in [1.165, 1.54) is 12.8 Å². The Morgan fingerprint density at radius 3 is 3.00 bits per heavy atom. The molecule has 1 saturated carbocycles. The van der Waals surface area contributed by atoms with Gasteiger partial charge in [0.15, 0.2) is 5.82 Å². The van der Waals surface area contributed by atoms with Crippen molar-refractivity contribution in [3.8, 4) is 11.5 Å². The first-order valence-electron chi connectivity index (χ1n) is 6.11. The number of nitrogens with one attached hydrogen (secondary N) is 1. The number of hydrogen-bond donors (Lipinski definition) is 1. The zero-order valence-corrected chi connectivity index (χ0v) is 12.2. The summed E-state index contributed by atoms with van der Waals surface area (Å²) in [4.78, 5) is 7.93. The third kappa shape index (κ3) is 1.88. The Morgan fingerprint density at radius 1 is 1.37 bits per heavy atom. The van der Waals surface area contributed by atoms with Gasteiger partial charge in [0, 0.05) is 10.7 Å². The molecule has 1 fully saturated rings. The fourth-order valence-electron chi connectivity index (χ4n) is 2.24. The first-order chi connectivity index (χ1) is 9.22. The van der Waals surface area contributed by atoms with Crippen LogP contribution in [-0.2, 0) is 0 Å². The molecule has 0 spiro atoms. The number of fused-ring (bicyclic) bond motifs is 1. The van der Waals surface area contributed by atoms with Crippen molar-refractivity contribution in [2.24, 2.45) is 0 Å². The molecule has 0 saturated heterocycles. The Labute approximate surface area is 122 Å². The maximum Gasteiger partial charge on any atom is 0.156 e. The maximum atomic E-state index is 6.10. The van der Waals surface area contributed by atoms with E-state index in [2.05, 4.69) is 31.0 Å². The van der Waals surface area contributed by atoms with Crippen LogP contribution < -0.4 is 0 Å². The minimum atomic E-state index is 0.536. The van der Waals surface area contributed by atoms with Crippen LogP contribution in [0.5, 0.6) is 0 Å². The van der Waals surface area contributed by atoms with Gasteiger partial charge in [-0.3, -0.25) is 4.68 Å². The molecule has 1 N–H and O–H groups in total. The number of nitrogens with zero attached hydrogens (tertiary/aromatic N) is 3. The maximum absolute atomic E-state index is 6.10. The molecule has 96 valence electrons. The van der Waals surface area contributed by atoms with Gasteiger partial charge >= 0.3 is 0 Å². The van der Waals surface area contributed by atoms with Gasteiger partial charge in [-0.05, 0) is 47.0 Å². The Bertz CT molecular complexity index is 733. The van der Waals surface area contributed by atoms with Crippen LogP contribution in [0.1, 0.15) is 18.9 Å². The molecule has 3 aromatic rings. The Kier molecular flexibility index (Phi) is 2.47. The highest BCUT2D eigenvalue weighted by molar-refractivity contribution is 9.10. The van der Waals surface area contributed by atoms with E-state index in [9.17, 15) is 0 Å². The molecule has 6 heteroatoms. The summed E-state index contributed by atoms with van der Waals surface area (Å²) < 4.78 is 2.91. The molecule has 1 aliphatic rings. The van der Waals surface area contributed by atoms with Gasteiger partial charge in [0.2, 0.25) is 0 Å². The first kappa shape index (κ1) is 11.5. The molecule has 1 aromatic carbocycles. The Balaban J connectivity index is 1.88. The highest BCUT2D eigenvalue weighted by Crippen LogP contribution is 2.37. The van der Waals surface area contributed by atoms with Gasteiger partial charge in [-0.2, -0.15) is 5.10 Å². The van der Waals surface area contributed by atoms with Crippen LogP contribution in [0.3, 0.4) is 0 Å². The summed E-state index contributed by atoms with van der Waals surface area (Å²) in [7, 11) is 0. The van der Waals surface area contributed by atoms with Crippen LogP contribution in [0.2, 0.25) is 5.02 Å². The molecule has 0 unspecified atom stereocenters. The van der Waals surface area contributed by atoms with Crippen LogP contribution in [-0.4, -0.2) is 19.7 Å². The molecular formula is C13H10BrClN4. The van der Waals surface area contributed by atoms with E-state index in [1.807, 2.05) is 29.1 Å². The fourth-order valence-corrected chi connectivity index (χ4v) is 2.73. The highest BCUT2D eigenvalue weighted by Gasteiger charge is 2.27. The number of benzene rings is 1. The standard InChI is InChI=1S/C13H10BrClN4/c14-8-5-10-11(6-9(8)15)18-13(17-10)12-3-4-16-19(12)7-1-2-7/h3-7H,1-2H2,(H,17,18). The lowest BCUT2D eigenvalue weighted by atomic mass is 10.3. The molecule has 0 atom stereocenters. The lowest BCUT2D eigenvalue weighted by molar-refractivity contribution is 0.646. The van der Waals surface area contributed by atoms with E-state index in [1.54, 1.807) is 0 Å². The van der Waals surface area contributed by atoms with Crippen LogP contribution >= 0.6 is 27.5 Å². The van der Waals surface area contributed by atoms with Crippen LogP contribution in [0, 0.1) is 0 Å². The second-order valence-electron chi connectivity index (χ2n) is 4.76. The van der Waals surface area contributed by atoms with E-state index in [4.69, 9.17) is 11.6 Å². The minimum absolute atomic E-state index is 0.536. The molecule has 0 radical (unpaired) electrons. The zero-order chi connectivity index (χ0) is 13.0. The number of halogens is 2. The molecular weight excluding hydrogens is 328 g/mol. The molecule has 0 bridgehead atoms. The van der Waals surface area contributed by atoms with Crippen molar-refractivity contribution >= 4 is 38.6 Å². The average Bonchev–Trinajstić information content (AvgIpc) is 2.97. The highest BCUT2D eigenvalue weighted by atomic mass is 79.9. The largest absolute Gasteiger partial charge is 0.337 e. The van der Waals surface area contributed by atoms with Gasteiger partial charge in [0.25, 0.3) is 0 Å². The van der Waals surface area contributed by atoms with Crippen molar-refractivity contribution in [3.05, 3.63) is 33.9 Å². The van der Waals surface area contributed by atoms with Crippen molar-refractivity contribution in [3.63, 3.8) is 0 Å². The lowest BCUT2D eigenvalue weighted by Crippen LogP contribution is -1.99. The summed E-state index contributed by atoms with van der Waals surface area (Å²) in [5.41, 5.74) is 2.87. The second-order valence-corrected chi connectivity index (χ2v) is 6.02. The predicted octanol–water partition coefficient (Wildman–Crippen LogP) is 4.18. The van der Waals surface area contributed by atoms with Crippen LogP contribution in [0.4, 0.5) is 0 Å². The van der Waals surface area contributed by atoms with Gasteiger partial charge in [0.1, 0.15) is 5.69 Å². The lowest BCUT2D eigenvalue weighted by Gasteiger charge is -2.01. The first-order valence-corrected chi connectivity index (χ1v) is 7.28. The van der Waals surface area contributed by atoms with E-state index in [0.717, 1.165) is 27.0 Å². The topological polar surface area (TPSA) is 46.5 Å². The van der Waals surface area contributed by atoms with Gasteiger partial charge in [-0.25, -0.2) is 4.98 Å². The SMILES string of the molecule is Clc1cc2[nH]c(-c3ccnn3C3CC3)nc2cc1Br. The van der Waals surface area contributed by atoms with E-state index in [0.29, 0.717) is 11.1 Å². The number of imidazole rings is 1. The Morgan fingerprint density at radius 2 is 2.21 bits per heavy atom. The quantitative estimate of drug-likeness (QED) is 0.762. The van der Waals surface area contributed by atoms with Crippen LogP contribution in [0.25, 0.3) is 22.6 Å². The fraction of sp³-hybridized carbons (Fsp3) is 0.231. The van der Waals surface area contributed by atoms with Crippen molar-refractivity contribution in [2.75, 3.05) is 0 Å². The monoisotopic (exact) mass is 336 g/mol. The number of aromatic amines is 1. The minimum Gasteiger partial charge on any atom is -0.337 e. The summed E-state index contributed by atoms with van der Waals surface area (Å²) in [6, 6.07) is 6.34. The molecule has 2 aromatic heterocycles. The number of hydrogen-bond acceptors (Lipinski definition) is 2. The molecule has 0 aliphatic heterocycles. The molecule has 2 heterocycles. The predicted molar refractivity (Wildman–Crippen MR) is 78.3 cm³/mol. The number of aromatic nitrogens is 4. The number of rotatable bonds is 2. The normalized spacial score (nSPS) is 15.3. The average molecular weight is 338 g/mol. The van der Waals surface area contributed by atoms with Gasteiger partial charge in [0.05, 0.1) is 22.1 Å². The van der Waals surface area contributed by atoms with E-state index in [-0.39, 0.29) is 0 Å². The molecule has 19 heavy (non-hydrogen) atoms. The Hall–Kier alpha value is -1.33. The summed E-state index contributed by atoms with van der Waals surface area (Å²) >= 11 is 9.52. The smallest absolute Gasteiger partial charge is 0.156 e. The zero-order valence-electron chi connectivity index (χ0n) is 9.90. The van der Waals surface area contributed by atoms with Crippen molar-refractivity contribution < 1.29 is 0 Å². The van der Waals surface area contributed by atoms with Crippen LogP contribution in [0.15, 0.2) is 28.9 Å². The molecule has 1 aliphatic carbocycles. The summed E-state index contributed by atoms with van der Waals surface area (Å²) in [5, 5.41) is 5.06. The van der Waals surface area contributed by atoms with Crippen molar-refractivity contribution in [2.45, 2.75) is 18.9 Å². The van der Waals surface area contributed by atoms with Gasteiger partial charge in [-0.15, -0.1) is 0 Å².